The molecule has 1 aliphatic rings. The average molecular weight is 159 g/mol. The van der Waals surface area contributed by atoms with Crippen molar-refractivity contribution in [2.45, 2.75) is 19.4 Å². The first-order valence-electron chi connectivity index (χ1n) is 4.31. The molecule has 0 atom stereocenters. The lowest BCUT2D eigenvalue weighted by molar-refractivity contribution is -0.00276. The van der Waals surface area contributed by atoms with Gasteiger partial charge < -0.3 is 9.84 Å². The van der Waals surface area contributed by atoms with Crippen molar-refractivity contribution >= 4 is 0 Å². The molecule has 0 bridgehead atoms. The van der Waals surface area contributed by atoms with Gasteiger partial charge >= 0.3 is 0 Å². The Kier molecular flexibility index (Phi) is 3.83. The van der Waals surface area contributed by atoms with Gasteiger partial charge in [0.1, 0.15) is 0 Å². The minimum atomic E-state index is -0.0675. The molecule has 3 nitrogen and oxygen atoms in total. The predicted molar refractivity (Wildman–Crippen MR) is 43.6 cm³/mol. The van der Waals surface area contributed by atoms with Crippen LogP contribution in [-0.2, 0) is 4.74 Å². The van der Waals surface area contributed by atoms with Gasteiger partial charge in [-0.3, -0.25) is 4.90 Å². The van der Waals surface area contributed by atoms with Crippen LogP contribution in [0.25, 0.3) is 0 Å². The van der Waals surface area contributed by atoms with Gasteiger partial charge in [0, 0.05) is 32.8 Å². The van der Waals surface area contributed by atoms with Crippen LogP contribution in [-0.4, -0.2) is 49.0 Å². The Morgan fingerprint density at radius 3 is 2.82 bits per heavy atom. The van der Waals surface area contributed by atoms with Gasteiger partial charge in [-0.05, 0) is 13.3 Å². The quantitative estimate of drug-likeness (QED) is 0.577. The second-order valence-electron chi connectivity index (χ2n) is 2.96. The molecular weight excluding hydrogens is 142 g/mol. The maximum absolute atomic E-state index is 8.95. The third-order valence-corrected chi connectivity index (χ3v) is 1.91. The van der Waals surface area contributed by atoms with Gasteiger partial charge in [0.2, 0.25) is 0 Å². The molecule has 0 aromatic heterocycles. The van der Waals surface area contributed by atoms with E-state index < -0.39 is 0 Å². The summed E-state index contributed by atoms with van der Waals surface area (Å²) in [7, 11) is 0. The van der Waals surface area contributed by atoms with E-state index in [1.807, 2.05) is 6.92 Å². The maximum atomic E-state index is 8.95. The molecule has 1 heterocycles. The summed E-state index contributed by atoms with van der Waals surface area (Å²) in [6, 6.07) is 0. The van der Waals surface area contributed by atoms with Crippen molar-refractivity contribution in [3.63, 3.8) is 0 Å². The van der Waals surface area contributed by atoms with Crippen molar-refractivity contribution in [2.24, 2.45) is 0 Å². The molecule has 1 fully saturated rings. The van der Waals surface area contributed by atoms with Crippen LogP contribution in [0.15, 0.2) is 0 Å². The van der Waals surface area contributed by atoms with E-state index in [9.17, 15) is 0 Å². The summed E-state index contributed by atoms with van der Waals surface area (Å²) >= 11 is 0. The van der Waals surface area contributed by atoms with E-state index in [1.54, 1.807) is 0 Å². The normalized spacial score (nSPS) is 20.2. The van der Waals surface area contributed by atoms with Gasteiger partial charge in [-0.15, -0.1) is 0 Å². The highest BCUT2D eigenvalue weighted by atomic mass is 16.5. The fraction of sp³-hybridized carbons (Fsp3) is 1.00. The number of ether oxygens (including phenoxy) is 1. The summed E-state index contributed by atoms with van der Waals surface area (Å²) in [5, 5.41) is 8.95. The van der Waals surface area contributed by atoms with E-state index in [2.05, 4.69) is 4.90 Å². The number of rotatable bonds is 5. The van der Waals surface area contributed by atoms with Crippen LogP contribution < -0.4 is 0 Å². The molecule has 3 heteroatoms. The van der Waals surface area contributed by atoms with Gasteiger partial charge in [0.25, 0.3) is 0 Å². The van der Waals surface area contributed by atoms with Crippen LogP contribution in [0.4, 0.5) is 0 Å². The minimum Gasteiger partial charge on any atom is -0.390 e. The molecule has 0 aromatic rings. The van der Waals surface area contributed by atoms with Crippen LogP contribution in [0, 0.1) is 0 Å². The first kappa shape index (κ1) is 8.97. The van der Waals surface area contributed by atoms with Crippen LogP contribution >= 0.6 is 0 Å². The standard InChI is InChI=1S/C8H17NO2/c1-2-11-5-3-4-9-6-8(10)7-9/h8,10H,2-7H2,1H3. The van der Waals surface area contributed by atoms with E-state index in [0.29, 0.717) is 0 Å². The first-order chi connectivity index (χ1) is 5.33. The molecule has 1 saturated heterocycles. The van der Waals surface area contributed by atoms with Crippen molar-refractivity contribution in [3.8, 4) is 0 Å². The number of nitrogens with zero attached hydrogens (tertiary/aromatic N) is 1. The van der Waals surface area contributed by atoms with E-state index >= 15 is 0 Å². The van der Waals surface area contributed by atoms with Crippen molar-refractivity contribution < 1.29 is 9.84 Å². The predicted octanol–water partition coefficient (Wildman–Crippen LogP) is 0.0895. The zero-order valence-electron chi connectivity index (χ0n) is 7.12. The lowest BCUT2D eigenvalue weighted by atomic mass is 10.1. The Morgan fingerprint density at radius 2 is 2.27 bits per heavy atom. The molecule has 1 aliphatic heterocycles. The first-order valence-corrected chi connectivity index (χ1v) is 4.31. The monoisotopic (exact) mass is 159 g/mol. The Bertz CT molecular complexity index is 102. The number of hydrogen-bond donors (Lipinski definition) is 1. The Balaban J connectivity index is 1.81. The number of aliphatic hydroxyl groups is 1. The molecule has 0 amide bonds. The highest BCUT2D eigenvalue weighted by Crippen LogP contribution is 2.06. The highest BCUT2D eigenvalue weighted by molar-refractivity contribution is 4.77. The molecule has 0 aliphatic carbocycles. The zero-order valence-corrected chi connectivity index (χ0v) is 7.12. The number of likely N-dealkylation sites (tertiary alicyclic amines) is 1. The third-order valence-electron chi connectivity index (χ3n) is 1.91. The summed E-state index contributed by atoms with van der Waals surface area (Å²) < 4.78 is 5.19. The number of hydrogen-bond acceptors (Lipinski definition) is 3. The zero-order chi connectivity index (χ0) is 8.10. The minimum absolute atomic E-state index is 0.0675. The SMILES string of the molecule is CCOCCCN1CC(O)C1. The van der Waals surface area contributed by atoms with Crippen molar-refractivity contribution in [1.82, 2.24) is 4.90 Å². The van der Waals surface area contributed by atoms with E-state index in [0.717, 1.165) is 39.3 Å². The molecule has 11 heavy (non-hydrogen) atoms. The van der Waals surface area contributed by atoms with Gasteiger partial charge in [0.05, 0.1) is 6.10 Å². The molecule has 0 spiro atoms. The molecule has 0 unspecified atom stereocenters. The fourth-order valence-electron chi connectivity index (χ4n) is 1.26. The summed E-state index contributed by atoms with van der Waals surface area (Å²) in [5.74, 6) is 0. The van der Waals surface area contributed by atoms with Gasteiger partial charge in [-0.1, -0.05) is 0 Å². The summed E-state index contributed by atoms with van der Waals surface area (Å²) in [6.45, 7) is 6.44. The number of β-amino-alcohol motifs (C(OH)–C–C–N with tert-alkyl or cyclic N) is 1. The smallest absolute Gasteiger partial charge is 0.0793 e. The number of aliphatic hydroxyl groups excluding tert-OH is 1. The fourth-order valence-corrected chi connectivity index (χ4v) is 1.26. The Labute approximate surface area is 68.0 Å². The van der Waals surface area contributed by atoms with E-state index in [-0.39, 0.29) is 6.10 Å². The van der Waals surface area contributed by atoms with Crippen molar-refractivity contribution in [2.75, 3.05) is 32.8 Å². The largest absolute Gasteiger partial charge is 0.390 e. The van der Waals surface area contributed by atoms with Crippen LogP contribution in [0.1, 0.15) is 13.3 Å². The molecule has 1 rings (SSSR count). The molecule has 1 N–H and O–H groups in total. The van der Waals surface area contributed by atoms with Crippen molar-refractivity contribution in [1.29, 1.82) is 0 Å². The lowest BCUT2D eigenvalue weighted by Gasteiger charge is -2.35. The van der Waals surface area contributed by atoms with E-state index in [1.165, 1.54) is 0 Å². The molecule has 0 radical (unpaired) electrons. The summed E-state index contributed by atoms with van der Waals surface area (Å²) in [5.41, 5.74) is 0. The Morgan fingerprint density at radius 1 is 1.55 bits per heavy atom. The van der Waals surface area contributed by atoms with Crippen LogP contribution in [0.5, 0.6) is 0 Å². The second kappa shape index (κ2) is 4.70. The molecule has 66 valence electrons. The lowest BCUT2D eigenvalue weighted by Crippen LogP contribution is -2.50. The van der Waals surface area contributed by atoms with Crippen LogP contribution in [0.3, 0.4) is 0 Å². The van der Waals surface area contributed by atoms with Gasteiger partial charge in [-0.2, -0.15) is 0 Å². The molecule has 0 saturated carbocycles. The van der Waals surface area contributed by atoms with Gasteiger partial charge in [-0.25, -0.2) is 0 Å². The summed E-state index contributed by atoms with van der Waals surface area (Å²) in [6.07, 6.45) is 1.02. The second-order valence-corrected chi connectivity index (χ2v) is 2.96. The average Bonchev–Trinajstić information content (AvgIpc) is 1.94. The maximum Gasteiger partial charge on any atom is 0.0793 e. The highest BCUT2D eigenvalue weighted by Gasteiger charge is 2.22. The van der Waals surface area contributed by atoms with E-state index in [4.69, 9.17) is 9.84 Å². The summed E-state index contributed by atoms with van der Waals surface area (Å²) in [4.78, 5) is 2.24. The van der Waals surface area contributed by atoms with Crippen LogP contribution in [0.2, 0.25) is 0 Å². The van der Waals surface area contributed by atoms with Crippen molar-refractivity contribution in [3.05, 3.63) is 0 Å². The topological polar surface area (TPSA) is 32.7 Å². The third kappa shape index (κ3) is 3.18. The Hall–Kier alpha value is -0.120. The molecular formula is C8H17NO2. The molecule has 0 aromatic carbocycles. The van der Waals surface area contributed by atoms with Gasteiger partial charge in [0.15, 0.2) is 0 Å².